The summed E-state index contributed by atoms with van der Waals surface area (Å²) in [5.41, 5.74) is 3.71. The van der Waals surface area contributed by atoms with E-state index >= 15 is 0 Å². The summed E-state index contributed by atoms with van der Waals surface area (Å²) in [4.78, 5) is 22.3. The van der Waals surface area contributed by atoms with Crippen LogP contribution in [0.4, 0.5) is 4.79 Å². The largest absolute Gasteiger partial charge is 0.493 e. The molecule has 56 heavy (non-hydrogen) atoms. The van der Waals surface area contributed by atoms with Crippen LogP contribution in [0.2, 0.25) is 0 Å². The highest BCUT2D eigenvalue weighted by molar-refractivity contribution is 7.99. The summed E-state index contributed by atoms with van der Waals surface area (Å²) in [5, 5.41) is 24.5. The molecule has 0 bridgehead atoms. The van der Waals surface area contributed by atoms with Gasteiger partial charge < -0.3 is 38.9 Å². The van der Waals surface area contributed by atoms with Crippen LogP contribution in [0.5, 0.6) is 11.5 Å². The second kappa shape index (κ2) is 20.2. The molecule has 1 amide bonds. The first-order valence-electron chi connectivity index (χ1n) is 19.8. The van der Waals surface area contributed by atoms with Crippen LogP contribution in [0, 0.1) is 17.8 Å². The van der Waals surface area contributed by atoms with E-state index in [9.17, 15) is 15.0 Å². The predicted molar refractivity (Wildman–Crippen MR) is 219 cm³/mol. The lowest BCUT2D eigenvalue weighted by atomic mass is 9.55. The van der Waals surface area contributed by atoms with Gasteiger partial charge in [0.15, 0.2) is 0 Å². The number of unbranched alkanes of at least 4 members (excludes halogenated alkanes) is 2. The van der Waals surface area contributed by atoms with Crippen molar-refractivity contribution in [3.8, 4) is 11.5 Å². The van der Waals surface area contributed by atoms with Gasteiger partial charge in [0.1, 0.15) is 24.1 Å². The molecule has 0 aromatic heterocycles. The number of thioether (sulfide) groups is 1. The number of amides is 1. The van der Waals surface area contributed by atoms with Crippen molar-refractivity contribution in [3.63, 3.8) is 0 Å². The summed E-state index contributed by atoms with van der Waals surface area (Å²) in [5.74, 6) is 0.569. The molecule has 3 aromatic rings. The molecule has 11 heteroatoms. The Bertz CT molecular complexity index is 1790. The molecule has 2 aliphatic carbocycles. The lowest BCUT2D eigenvalue weighted by Crippen LogP contribution is -2.69. The third kappa shape index (κ3) is 9.45. The Morgan fingerprint density at radius 1 is 1.02 bits per heavy atom. The van der Waals surface area contributed by atoms with E-state index in [4.69, 9.17) is 28.9 Å². The summed E-state index contributed by atoms with van der Waals surface area (Å²) in [7, 11) is 3.08. The minimum atomic E-state index is -1.33. The van der Waals surface area contributed by atoms with Gasteiger partial charge in [-0.05, 0) is 79.0 Å². The smallest absolute Gasteiger partial charge is 0.409 e. The van der Waals surface area contributed by atoms with E-state index in [-0.39, 0.29) is 44.2 Å². The van der Waals surface area contributed by atoms with E-state index in [0.29, 0.717) is 31.6 Å². The molecule has 6 atom stereocenters. The summed E-state index contributed by atoms with van der Waals surface area (Å²) >= 11 is 1.75. The number of nitrogens with zero attached hydrogens (tertiary/aromatic N) is 2. The SMILES string of the molecule is C=CCOC12Oc3ccc(OCCSc4ccccc4)cc3C3C(CCCCO)C(CCCCO)C=C(C(=NOCc4ccccc4)CC1N(C)C(=O)OC)C32. The Kier molecular flexibility index (Phi) is 14.9. The third-order valence-electron chi connectivity index (χ3n) is 11.2. The molecule has 1 aliphatic heterocycles. The average Bonchev–Trinajstić information content (AvgIpc) is 3.23. The van der Waals surface area contributed by atoms with Crippen LogP contribution >= 0.6 is 11.8 Å². The van der Waals surface area contributed by atoms with Gasteiger partial charge in [0.05, 0.1) is 32.0 Å². The monoisotopic (exact) mass is 784 g/mol. The Balaban J connectivity index is 1.47. The van der Waals surface area contributed by atoms with E-state index in [1.165, 1.54) is 12.0 Å². The van der Waals surface area contributed by atoms with Gasteiger partial charge >= 0.3 is 6.09 Å². The quantitative estimate of drug-likeness (QED) is 0.0504. The molecule has 6 unspecified atom stereocenters. The van der Waals surface area contributed by atoms with Gasteiger partial charge in [-0.15, -0.1) is 18.3 Å². The number of hydrogen-bond acceptors (Lipinski definition) is 10. The molecular weight excluding hydrogens is 729 g/mol. The number of oxime groups is 1. The van der Waals surface area contributed by atoms with Gasteiger partial charge in [-0.25, -0.2) is 4.79 Å². The van der Waals surface area contributed by atoms with Crippen molar-refractivity contribution in [1.82, 2.24) is 4.90 Å². The fourth-order valence-corrected chi connectivity index (χ4v) is 9.44. The van der Waals surface area contributed by atoms with E-state index in [1.54, 1.807) is 29.8 Å². The van der Waals surface area contributed by atoms with Crippen LogP contribution in [-0.2, 0) is 20.9 Å². The van der Waals surface area contributed by atoms with Crippen LogP contribution in [0.25, 0.3) is 0 Å². The van der Waals surface area contributed by atoms with Crippen molar-refractivity contribution in [3.05, 3.63) is 114 Å². The van der Waals surface area contributed by atoms with Gasteiger partial charge in [0, 0.05) is 48.8 Å². The van der Waals surface area contributed by atoms with Crippen molar-refractivity contribution in [2.24, 2.45) is 22.9 Å². The van der Waals surface area contributed by atoms with Crippen LogP contribution in [0.1, 0.15) is 62.0 Å². The molecule has 3 aliphatic rings. The molecular formula is C45H56N2O8S. The molecule has 10 nitrogen and oxygen atoms in total. The molecule has 0 spiro atoms. The predicted octanol–water partition coefficient (Wildman–Crippen LogP) is 8.39. The van der Waals surface area contributed by atoms with Gasteiger partial charge in [-0.3, -0.25) is 0 Å². The summed E-state index contributed by atoms with van der Waals surface area (Å²) < 4.78 is 25.8. The Morgan fingerprint density at radius 3 is 2.46 bits per heavy atom. The van der Waals surface area contributed by atoms with Gasteiger partial charge in [0.25, 0.3) is 0 Å². The van der Waals surface area contributed by atoms with Crippen LogP contribution in [0.3, 0.4) is 0 Å². The fourth-order valence-electron chi connectivity index (χ4n) is 8.68. The number of allylic oxidation sites excluding steroid dienone is 1. The highest BCUT2D eigenvalue weighted by Gasteiger charge is 2.65. The maximum absolute atomic E-state index is 13.4. The van der Waals surface area contributed by atoms with Crippen molar-refractivity contribution < 1.29 is 38.8 Å². The van der Waals surface area contributed by atoms with Crippen LogP contribution in [-0.4, -0.2) is 85.1 Å². The van der Waals surface area contributed by atoms with E-state index in [0.717, 1.165) is 59.6 Å². The van der Waals surface area contributed by atoms with E-state index in [1.807, 2.05) is 60.7 Å². The maximum atomic E-state index is 13.4. The Hall–Kier alpha value is -4.29. The standard InChI is InChI=1S/C45H56N2O8S/c1-4-25-53-45-41(47(2)44(50)51-3)30-39(46-54-31-32-15-7-5-8-16-32)37-28-33(17-11-13-23-48)36(20-12-14-24-49)42(43(37)45)38-29-34(21-22-40(38)55-45)52-26-27-56-35-18-9-6-10-19-35/h4-10,15-16,18-19,21-22,28-29,33,36,41-43,48-49H,1,11-14,17,20,23-27,30-31H2,2-3H3. The lowest BCUT2D eigenvalue weighted by Gasteiger charge is -2.59. The molecule has 3 aromatic carbocycles. The third-order valence-corrected chi connectivity index (χ3v) is 12.2. The first kappa shape index (κ1) is 41.3. The summed E-state index contributed by atoms with van der Waals surface area (Å²) in [6, 6.07) is 25.6. The minimum absolute atomic E-state index is 0.112. The first-order chi connectivity index (χ1) is 27.4. The maximum Gasteiger partial charge on any atom is 0.409 e. The van der Waals surface area contributed by atoms with Crippen molar-refractivity contribution in [2.75, 3.05) is 46.3 Å². The number of fused-ring (bicyclic) bond motifs is 2. The Labute approximate surface area is 335 Å². The second-order valence-corrected chi connectivity index (χ2v) is 15.8. The molecule has 2 N–H and O–H groups in total. The van der Waals surface area contributed by atoms with Crippen molar-refractivity contribution >= 4 is 23.6 Å². The molecule has 0 radical (unpaired) electrons. The molecule has 1 heterocycles. The number of rotatable bonds is 20. The Morgan fingerprint density at radius 2 is 1.75 bits per heavy atom. The number of aliphatic hydroxyl groups excluding tert-OH is 2. The number of ether oxygens (including phenoxy) is 4. The molecule has 1 fully saturated rings. The highest BCUT2D eigenvalue weighted by Crippen LogP contribution is 2.61. The average molecular weight is 785 g/mol. The number of carbonyl (C=O) groups is 1. The molecule has 6 rings (SSSR count). The van der Waals surface area contributed by atoms with Gasteiger partial charge in [-0.1, -0.05) is 78.7 Å². The number of carbonyl (C=O) groups excluding carboxylic acids is 1. The lowest BCUT2D eigenvalue weighted by molar-refractivity contribution is -0.253. The number of methoxy groups -OCH3 is 1. The number of benzene rings is 3. The van der Waals surface area contributed by atoms with Crippen LogP contribution < -0.4 is 9.47 Å². The zero-order valence-corrected chi connectivity index (χ0v) is 33.4. The van der Waals surface area contributed by atoms with E-state index in [2.05, 4.69) is 30.9 Å². The molecule has 0 saturated heterocycles. The minimum Gasteiger partial charge on any atom is -0.493 e. The first-order valence-corrected chi connectivity index (χ1v) is 20.8. The van der Waals surface area contributed by atoms with Crippen molar-refractivity contribution in [1.29, 1.82) is 0 Å². The van der Waals surface area contributed by atoms with Gasteiger partial charge in [-0.2, -0.15) is 0 Å². The number of hydrogen-bond donors (Lipinski definition) is 2. The fraction of sp³-hybridized carbons (Fsp3) is 0.467. The zero-order valence-electron chi connectivity index (χ0n) is 32.6. The van der Waals surface area contributed by atoms with Crippen LogP contribution in [0.15, 0.2) is 113 Å². The van der Waals surface area contributed by atoms with Crippen molar-refractivity contribution in [2.45, 2.75) is 74.2 Å². The number of aliphatic hydroxyl groups is 2. The highest BCUT2D eigenvalue weighted by atomic mass is 32.2. The summed E-state index contributed by atoms with van der Waals surface area (Å²) in [6.45, 7) is 5.22. The van der Waals surface area contributed by atoms with E-state index < -0.39 is 23.8 Å². The molecule has 1 saturated carbocycles. The topological polar surface area (TPSA) is 119 Å². The molecule has 300 valence electrons. The summed E-state index contributed by atoms with van der Waals surface area (Å²) in [6.07, 6.45) is 8.60. The number of likely N-dealkylation sites (N-methyl/N-ethyl adjacent to an activating group) is 1. The van der Waals surface area contributed by atoms with Gasteiger partial charge in [0.2, 0.25) is 5.79 Å². The normalized spacial score (nSPS) is 24.2. The second-order valence-electron chi connectivity index (χ2n) is 14.6. The zero-order chi connectivity index (χ0) is 39.3.